The Bertz CT molecular complexity index is 1400. The van der Waals surface area contributed by atoms with Crippen molar-refractivity contribution in [1.29, 1.82) is 0 Å². The first kappa shape index (κ1) is 60.8. The number of carbonyl (C=O) groups excluding carboxylic acids is 3. The molecule has 0 fully saturated rings. The zero-order valence-electron chi connectivity index (χ0n) is 41.7. The lowest BCUT2D eigenvalue weighted by molar-refractivity contribution is -0.167. The fourth-order valence-electron chi connectivity index (χ4n) is 6.50. The summed E-state index contributed by atoms with van der Waals surface area (Å²) < 4.78 is 16.7. The summed E-state index contributed by atoms with van der Waals surface area (Å²) in [5.74, 6) is -1.03. The van der Waals surface area contributed by atoms with Gasteiger partial charge in [-0.25, -0.2) is 0 Å². The first-order valence-electron chi connectivity index (χ1n) is 26.0. The third kappa shape index (κ3) is 50.7. The molecule has 0 aliphatic rings. The van der Waals surface area contributed by atoms with E-state index in [9.17, 15) is 14.4 Å². The molecule has 0 aliphatic heterocycles. The molecule has 0 heterocycles. The lowest BCUT2D eigenvalue weighted by Crippen LogP contribution is -2.30. The first-order valence-corrected chi connectivity index (χ1v) is 26.0. The summed E-state index contributed by atoms with van der Waals surface area (Å²) in [6, 6.07) is 0. The van der Waals surface area contributed by atoms with Crippen LogP contribution in [0, 0.1) is 0 Å². The summed E-state index contributed by atoms with van der Waals surface area (Å²) in [4.78, 5) is 37.9. The van der Waals surface area contributed by atoms with Crippen LogP contribution in [0.2, 0.25) is 0 Å². The van der Waals surface area contributed by atoms with Crippen molar-refractivity contribution in [2.75, 3.05) is 13.2 Å². The Morgan fingerprint density at radius 1 is 0.323 bits per heavy atom. The maximum atomic E-state index is 12.8. The molecule has 0 unspecified atom stereocenters. The maximum absolute atomic E-state index is 12.8. The molecule has 0 bridgehead atoms. The molecular weight excluding hydrogens is 805 g/mol. The molecule has 1 atom stereocenters. The first-order chi connectivity index (χ1) is 32.0. The van der Waals surface area contributed by atoms with Gasteiger partial charge in [-0.3, -0.25) is 14.4 Å². The number of hydrogen-bond acceptors (Lipinski definition) is 6. The van der Waals surface area contributed by atoms with Crippen LogP contribution in [0.5, 0.6) is 0 Å². The van der Waals surface area contributed by atoms with E-state index in [1.165, 1.54) is 51.4 Å². The minimum absolute atomic E-state index is 0.117. The normalized spacial score (nSPS) is 13.1. The number of ether oxygens (including phenoxy) is 3. The predicted molar refractivity (Wildman–Crippen MR) is 279 cm³/mol. The van der Waals surface area contributed by atoms with Crippen LogP contribution in [-0.4, -0.2) is 37.2 Å². The van der Waals surface area contributed by atoms with E-state index in [0.717, 1.165) is 109 Å². The van der Waals surface area contributed by atoms with E-state index < -0.39 is 6.10 Å². The topological polar surface area (TPSA) is 78.9 Å². The van der Waals surface area contributed by atoms with Crippen molar-refractivity contribution in [2.45, 2.75) is 219 Å². The van der Waals surface area contributed by atoms with Crippen LogP contribution < -0.4 is 0 Å². The number of esters is 3. The number of hydrogen-bond donors (Lipinski definition) is 0. The smallest absolute Gasteiger partial charge is 0.306 e. The number of unbranched alkanes of at least 4 members (excludes halogenated alkanes) is 14. The van der Waals surface area contributed by atoms with Gasteiger partial charge in [-0.1, -0.05) is 194 Å². The molecule has 0 aromatic heterocycles. The lowest BCUT2D eigenvalue weighted by Gasteiger charge is -2.18. The molecule has 0 aliphatic carbocycles. The highest BCUT2D eigenvalue weighted by atomic mass is 16.6. The molecule has 0 radical (unpaired) electrons. The van der Waals surface area contributed by atoms with E-state index in [0.29, 0.717) is 19.3 Å². The Kier molecular flexibility index (Phi) is 49.1. The zero-order chi connectivity index (χ0) is 47.2. The Hall–Kier alpha value is -4.19. The Labute approximate surface area is 399 Å². The molecule has 6 heteroatoms. The maximum Gasteiger partial charge on any atom is 0.306 e. The highest BCUT2D eigenvalue weighted by molar-refractivity contribution is 5.71. The van der Waals surface area contributed by atoms with Crippen molar-refractivity contribution in [3.8, 4) is 0 Å². The largest absolute Gasteiger partial charge is 0.462 e. The highest BCUT2D eigenvalue weighted by Crippen LogP contribution is 2.12. The van der Waals surface area contributed by atoms with Crippen LogP contribution in [0.1, 0.15) is 213 Å². The molecule has 0 saturated heterocycles. The second-order valence-corrected chi connectivity index (χ2v) is 16.7. The number of carbonyl (C=O) groups is 3. The Morgan fingerprint density at radius 3 is 1.08 bits per heavy atom. The lowest BCUT2D eigenvalue weighted by atomic mass is 10.1. The van der Waals surface area contributed by atoms with Gasteiger partial charge in [-0.15, -0.1) is 0 Å². The molecule has 0 rings (SSSR count). The summed E-state index contributed by atoms with van der Waals surface area (Å²) in [6.45, 7) is 6.35. The average Bonchev–Trinajstić information content (AvgIpc) is 3.30. The van der Waals surface area contributed by atoms with Crippen LogP contribution in [-0.2, 0) is 28.6 Å². The molecular formula is C59H94O6. The second-order valence-electron chi connectivity index (χ2n) is 16.7. The number of allylic oxidation sites excluding steroid dienone is 20. The van der Waals surface area contributed by atoms with Crippen LogP contribution in [0.4, 0.5) is 0 Å². The standard InChI is InChI=1S/C59H94O6/c1-4-7-10-13-16-19-22-24-26-28-29-31-33-35-38-41-44-47-50-53-59(62)65-56(54-63-57(60)51-48-45-42-39-36-21-18-15-12-9-6-3)55-64-58(61)52-49-46-43-40-37-34-32-30-27-25-23-20-17-14-11-8-5-2/h8,11,15-20,24-27,29,31-32,34-35,38,40,43,56H,4-7,9-10,12-14,21-23,28,30,33,36-37,39,41-42,44-55H2,1-3H3/b11-8-,18-15-,19-16-,20-17-,26-24-,27-25-,31-29-,34-32-,38-35-,43-40-/t56-/m0/s1. The van der Waals surface area contributed by atoms with E-state index in [1.54, 1.807) is 0 Å². The van der Waals surface area contributed by atoms with E-state index in [-0.39, 0.29) is 44.0 Å². The van der Waals surface area contributed by atoms with Crippen molar-refractivity contribution in [2.24, 2.45) is 0 Å². The molecule has 0 spiro atoms. The van der Waals surface area contributed by atoms with Crippen molar-refractivity contribution < 1.29 is 28.6 Å². The van der Waals surface area contributed by atoms with E-state index in [1.807, 2.05) is 0 Å². The minimum atomic E-state index is -0.824. The van der Waals surface area contributed by atoms with Gasteiger partial charge in [0, 0.05) is 19.3 Å². The molecule has 0 saturated carbocycles. The van der Waals surface area contributed by atoms with E-state index in [4.69, 9.17) is 14.2 Å². The van der Waals surface area contributed by atoms with Crippen LogP contribution in [0.25, 0.3) is 0 Å². The number of rotatable bonds is 45. The van der Waals surface area contributed by atoms with Crippen LogP contribution in [0.15, 0.2) is 122 Å². The third-order valence-electron chi connectivity index (χ3n) is 10.4. The zero-order valence-corrected chi connectivity index (χ0v) is 41.7. The molecule has 0 N–H and O–H groups in total. The van der Waals surface area contributed by atoms with Gasteiger partial charge < -0.3 is 14.2 Å². The third-order valence-corrected chi connectivity index (χ3v) is 10.4. The van der Waals surface area contributed by atoms with Crippen molar-refractivity contribution in [3.63, 3.8) is 0 Å². The van der Waals surface area contributed by atoms with Gasteiger partial charge in [0.05, 0.1) is 0 Å². The summed E-state index contributed by atoms with van der Waals surface area (Å²) in [5.41, 5.74) is 0. The highest BCUT2D eigenvalue weighted by Gasteiger charge is 2.19. The van der Waals surface area contributed by atoms with Gasteiger partial charge in [0.15, 0.2) is 6.10 Å². The fraction of sp³-hybridized carbons (Fsp3) is 0.610. The molecule has 0 aromatic carbocycles. The Balaban J connectivity index is 4.55. The van der Waals surface area contributed by atoms with Gasteiger partial charge in [0.25, 0.3) is 0 Å². The SMILES string of the molecule is CC/C=C\C/C=C\C/C=C\C/C=C\C/C=C\CCCC(=O)OC[C@H](COC(=O)CCCCCCC/C=C\CCCC)OC(=O)CCCCC/C=C\C/C=C\C/C=C\C/C=C\CCCCC. The molecule has 0 aromatic rings. The molecule has 0 amide bonds. The predicted octanol–water partition coefficient (Wildman–Crippen LogP) is 17.3. The van der Waals surface area contributed by atoms with Gasteiger partial charge in [-0.05, 0) is 122 Å². The van der Waals surface area contributed by atoms with Gasteiger partial charge >= 0.3 is 17.9 Å². The summed E-state index contributed by atoms with van der Waals surface area (Å²) in [5, 5.41) is 0. The summed E-state index contributed by atoms with van der Waals surface area (Å²) >= 11 is 0. The van der Waals surface area contributed by atoms with Gasteiger partial charge in [0.1, 0.15) is 13.2 Å². The molecule has 6 nitrogen and oxygen atoms in total. The van der Waals surface area contributed by atoms with Gasteiger partial charge in [-0.2, -0.15) is 0 Å². The van der Waals surface area contributed by atoms with Gasteiger partial charge in [0.2, 0.25) is 0 Å². The second kappa shape index (κ2) is 52.4. The summed E-state index contributed by atoms with van der Waals surface area (Å²) in [6.07, 6.45) is 71.9. The van der Waals surface area contributed by atoms with Crippen molar-refractivity contribution >= 4 is 17.9 Å². The summed E-state index contributed by atoms with van der Waals surface area (Å²) in [7, 11) is 0. The van der Waals surface area contributed by atoms with Crippen LogP contribution >= 0.6 is 0 Å². The Morgan fingerprint density at radius 2 is 0.631 bits per heavy atom. The van der Waals surface area contributed by atoms with E-state index >= 15 is 0 Å². The van der Waals surface area contributed by atoms with Crippen LogP contribution in [0.3, 0.4) is 0 Å². The monoisotopic (exact) mass is 899 g/mol. The van der Waals surface area contributed by atoms with Crippen molar-refractivity contribution in [1.82, 2.24) is 0 Å². The molecule has 65 heavy (non-hydrogen) atoms. The average molecular weight is 899 g/mol. The quantitative estimate of drug-likeness (QED) is 0.0262. The molecule has 366 valence electrons. The fourth-order valence-corrected chi connectivity index (χ4v) is 6.50. The minimum Gasteiger partial charge on any atom is -0.462 e. The van der Waals surface area contributed by atoms with E-state index in [2.05, 4.69) is 142 Å². The van der Waals surface area contributed by atoms with Crippen molar-refractivity contribution in [3.05, 3.63) is 122 Å².